The van der Waals surface area contributed by atoms with Crippen LogP contribution in [0.3, 0.4) is 0 Å². The summed E-state index contributed by atoms with van der Waals surface area (Å²) in [4.78, 5) is 58.9. The number of hydrogen-bond donors (Lipinski definition) is 3. The van der Waals surface area contributed by atoms with Crippen LogP contribution in [-0.2, 0) is 49.4 Å². The highest BCUT2D eigenvalue weighted by Gasteiger charge is 2.56. The van der Waals surface area contributed by atoms with Gasteiger partial charge in [-0.3, -0.25) is 14.4 Å². The number of ketones is 2. The Morgan fingerprint density at radius 3 is 2.41 bits per heavy atom. The summed E-state index contributed by atoms with van der Waals surface area (Å²) in [5, 5.41) is 29.1. The van der Waals surface area contributed by atoms with Gasteiger partial charge in [-0.15, -0.1) is 6.58 Å². The molecule has 1 aromatic carbocycles. The number of rotatable bonds is 11. The predicted molar refractivity (Wildman–Crippen MR) is 266 cm³/mol. The third kappa shape index (κ3) is 12.7. The summed E-state index contributed by atoms with van der Waals surface area (Å²) in [7, 11) is 3.08. The number of hydrogen-bond acceptors (Lipinski definition) is 12. The zero-order chi connectivity index (χ0) is 50.2. The van der Waals surface area contributed by atoms with Gasteiger partial charge in [0.15, 0.2) is 0 Å². The lowest BCUT2D eigenvalue weighted by Gasteiger charge is -2.47. The predicted octanol–water partition coefficient (Wildman–Crippen LogP) is 8.12. The minimum absolute atomic E-state index is 0.00795. The van der Waals surface area contributed by atoms with Gasteiger partial charge in [-0.25, -0.2) is 4.79 Å². The number of Topliss-reactive ketones (excluding diaryl/α,β-unsaturated/α-hetero) is 2. The molecule has 14 unspecified atom stereocenters. The number of carbonyl (C=O) groups is 4. The van der Waals surface area contributed by atoms with Gasteiger partial charge in [0.05, 0.1) is 30.5 Å². The molecule has 3 N–H and O–H groups in total. The number of methoxy groups -OCH3 is 2. The van der Waals surface area contributed by atoms with Crippen molar-refractivity contribution in [1.29, 1.82) is 0 Å². The van der Waals surface area contributed by atoms with Gasteiger partial charge in [-0.1, -0.05) is 44.6 Å². The number of cyclic esters (lactones) is 1. The number of aliphatic hydroxyl groups excluding tert-OH is 1. The number of aliphatic hydroxyl groups is 2. The zero-order valence-corrected chi connectivity index (χ0v) is 42.7. The van der Waals surface area contributed by atoms with Crippen LogP contribution in [-0.4, -0.2) is 125 Å². The number of ether oxygens (including phenoxy) is 5. The van der Waals surface area contributed by atoms with Crippen LogP contribution in [0.25, 0.3) is 10.9 Å². The van der Waals surface area contributed by atoms with E-state index in [0.717, 1.165) is 30.6 Å². The van der Waals surface area contributed by atoms with E-state index in [0.29, 0.717) is 50.7 Å². The van der Waals surface area contributed by atoms with E-state index in [1.54, 1.807) is 19.9 Å². The molecule has 69 heavy (non-hydrogen) atoms. The van der Waals surface area contributed by atoms with Crippen LogP contribution in [0.2, 0.25) is 0 Å². The second-order valence-electron chi connectivity index (χ2n) is 20.6. The van der Waals surface area contributed by atoms with E-state index in [2.05, 4.69) is 66.8 Å². The number of aromatic nitrogens is 1. The first-order chi connectivity index (χ1) is 33.0. The van der Waals surface area contributed by atoms with Crippen molar-refractivity contribution in [2.24, 2.45) is 29.6 Å². The van der Waals surface area contributed by atoms with Gasteiger partial charge in [-0.05, 0) is 134 Å². The number of aryl methyl sites for hydroxylation is 1. The topological polar surface area (TPSA) is 175 Å². The molecule has 3 aliphatic heterocycles. The normalized spacial score (nSPS) is 35.2. The van der Waals surface area contributed by atoms with Crippen LogP contribution < -0.4 is 5.32 Å². The third-order valence-corrected chi connectivity index (χ3v) is 15.5. The summed E-state index contributed by atoms with van der Waals surface area (Å²) in [6, 6.07) is 7.50. The van der Waals surface area contributed by atoms with Crippen molar-refractivity contribution in [2.75, 3.05) is 32.7 Å². The monoisotopic (exact) mass is 960 g/mol. The lowest BCUT2D eigenvalue weighted by Crippen LogP contribution is -2.64. The van der Waals surface area contributed by atoms with E-state index in [1.807, 2.05) is 26.8 Å². The van der Waals surface area contributed by atoms with Gasteiger partial charge >= 0.3 is 5.97 Å². The van der Waals surface area contributed by atoms with E-state index < -0.39 is 77.8 Å². The quantitative estimate of drug-likeness (QED) is 0.112. The van der Waals surface area contributed by atoms with Gasteiger partial charge in [0.25, 0.3) is 11.7 Å². The Morgan fingerprint density at radius 1 is 0.971 bits per heavy atom. The van der Waals surface area contributed by atoms with Crippen LogP contribution in [0, 0.1) is 29.6 Å². The molecule has 4 heterocycles. The standard InChI is InChI=1S/C55H81N3O11/c1-11-16-40-26-33(4)25-34(5)27-48(65-9)51-49(66-10)29-36(7)55(64,69-51)52(61)53(62)58-23-15-14-17-44(58)54(63)68-50(37(8)45(59)32-46(40)60)35(6)28-38-18-20-42(47(30-38)67-13-3)56-41-19-21-43-39(31-41)22-24-57(43)12-2/h11,19,21-22,24,26,28,31,34,36-38,40,42,44-45,47-51,56,59,64H,1,12-18,20,23,25,27,29-30,32H2,2-10H3. The summed E-state index contributed by atoms with van der Waals surface area (Å²) in [5.41, 5.74) is 3.90. The van der Waals surface area contributed by atoms with Crippen molar-refractivity contribution in [3.63, 3.8) is 0 Å². The Hall–Kier alpha value is -4.18. The van der Waals surface area contributed by atoms with Gasteiger partial charge in [0, 0.05) is 80.9 Å². The molecule has 0 radical (unpaired) electrons. The molecular weight excluding hydrogens is 879 g/mol. The molecule has 1 amide bonds. The fourth-order valence-electron chi connectivity index (χ4n) is 11.5. The number of carbonyl (C=O) groups excluding carboxylic acids is 4. The van der Waals surface area contributed by atoms with E-state index in [4.69, 9.17) is 23.7 Å². The number of allylic oxidation sites excluding steroid dienone is 4. The van der Waals surface area contributed by atoms with Crippen molar-refractivity contribution in [3.05, 3.63) is 66.4 Å². The highest BCUT2D eigenvalue weighted by atomic mass is 16.7. The number of benzene rings is 1. The fraction of sp³-hybridized carbons (Fsp3) is 0.673. The average Bonchev–Trinajstić information content (AvgIpc) is 3.75. The summed E-state index contributed by atoms with van der Waals surface area (Å²) >= 11 is 0. The van der Waals surface area contributed by atoms with Crippen LogP contribution in [0.15, 0.2) is 66.4 Å². The van der Waals surface area contributed by atoms with Crippen LogP contribution in [0.5, 0.6) is 0 Å². The molecule has 1 saturated carbocycles. The Labute approximate surface area is 410 Å². The first kappa shape index (κ1) is 54.2. The number of fused-ring (bicyclic) bond motifs is 4. The number of anilines is 1. The first-order valence-electron chi connectivity index (χ1n) is 25.6. The highest BCUT2D eigenvalue weighted by Crippen LogP contribution is 2.40. The number of nitrogens with zero attached hydrogens (tertiary/aromatic N) is 2. The minimum Gasteiger partial charge on any atom is -0.456 e. The van der Waals surface area contributed by atoms with Gasteiger partial charge in [0.2, 0.25) is 5.79 Å². The number of amides is 1. The van der Waals surface area contributed by atoms with Crippen molar-refractivity contribution in [1.82, 2.24) is 9.47 Å². The Bertz CT molecular complexity index is 2170. The van der Waals surface area contributed by atoms with Gasteiger partial charge in [-0.2, -0.15) is 0 Å². The van der Waals surface area contributed by atoms with Crippen molar-refractivity contribution in [3.8, 4) is 0 Å². The highest BCUT2D eigenvalue weighted by molar-refractivity contribution is 6.39. The van der Waals surface area contributed by atoms with Crippen LogP contribution in [0.4, 0.5) is 5.69 Å². The molecule has 2 saturated heterocycles. The Balaban J connectivity index is 1.31. The van der Waals surface area contributed by atoms with E-state index in [9.17, 15) is 29.4 Å². The fourth-order valence-corrected chi connectivity index (χ4v) is 11.5. The Morgan fingerprint density at radius 2 is 1.71 bits per heavy atom. The lowest BCUT2D eigenvalue weighted by atomic mass is 9.80. The first-order valence-corrected chi connectivity index (χ1v) is 25.6. The second kappa shape index (κ2) is 24.3. The van der Waals surface area contributed by atoms with Gasteiger partial charge < -0.3 is 48.7 Å². The molecule has 14 atom stereocenters. The number of piperidine rings is 1. The van der Waals surface area contributed by atoms with Crippen molar-refractivity contribution < 1.29 is 53.1 Å². The molecule has 6 rings (SSSR count). The van der Waals surface area contributed by atoms with E-state index >= 15 is 0 Å². The molecular formula is C55H81N3O11. The lowest BCUT2D eigenvalue weighted by molar-refractivity contribution is -0.302. The minimum atomic E-state index is -2.51. The van der Waals surface area contributed by atoms with Crippen LogP contribution in [0.1, 0.15) is 119 Å². The van der Waals surface area contributed by atoms with Crippen LogP contribution >= 0.6 is 0 Å². The summed E-state index contributed by atoms with van der Waals surface area (Å²) < 4.78 is 33.2. The number of nitrogens with one attached hydrogen (secondary N) is 1. The van der Waals surface area contributed by atoms with Gasteiger partial charge in [0.1, 0.15) is 24.0 Å². The van der Waals surface area contributed by atoms with Crippen molar-refractivity contribution >= 4 is 40.0 Å². The molecule has 1 aromatic heterocycles. The maximum atomic E-state index is 14.6. The molecule has 0 spiro atoms. The summed E-state index contributed by atoms with van der Waals surface area (Å²) in [5.74, 6) is -7.64. The van der Waals surface area contributed by atoms with E-state index in [1.165, 1.54) is 30.0 Å². The average molecular weight is 960 g/mol. The second-order valence-corrected chi connectivity index (χ2v) is 20.6. The maximum Gasteiger partial charge on any atom is 0.329 e. The molecule has 3 fully saturated rings. The largest absolute Gasteiger partial charge is 0.456 e. The third-order valence-electron chi connectivity index (χ3n) is 15.5. The zero-order valence-electron chi connectivity index (χ0n) is 42.7. The molecule has 4 aliphatic rings. The molecule has 2 aromatic rings. The smallest absolute Gasteiger partial charge is 0.329 e. The Kier molecular flexibility index (Phi) is 19.1. The summed E-state index contributed by atoms with van der Waals surface area (Å²) in [6.07, 6.45) is 8.70. The molecule has 14 nitrogen and oxygen atoms in total. The molecule has 382 valence electrons. The number of esters is 1. The maximum absolute atomic E-state index is 14.6. The molecule has 1 aliphatic carbocycles. The molecule has 14 heteroatoms. The summed E-state index contributed by atoms with van der Waals surface area (Å²) in [6.45, 7) is 18.9. The van der Waals surface area contributed by atoms with E-state index in [-0.39, 0.29) is 55.6 Å². The van der Waals surface area contributed by atoms with Crippen molar-refractivity contribution in [2.45, 2.75) is 180 Å². The SMILES string of the molecule is C=CCC1C=C(C)CC(C)CC(OC)C2OC(O)(C(=O)C(=O)N3CCCCC3C(=O)OC(C(C)=CC3CCC(Nc4ccc5c(ccn5CC)c4)C(OCC)C3)C(C)C(O)CC1=O)C(C)CC2OC. The molecule has 2 bridgehead atoms.